The zero-order chi connectivity index (χ0) is 14.5. The number of Topliss-reactive ketones (excluding diaryl/α,β-unsaturated/α-hetero) is 1. The van der Waals surface area contributed by atoms with E-state index in [-0.39, 0.29) is 24.6 Å². The summed E-state index contributed by atoms with van der Waals surface area (Å²) in [4.78, 5) is 11.9. The van der Waals surface area contributed by atoms with Gasteiger partial charge in [0.25, 0.3) is 0 Å². The third-order valence-electron chi connectivity index (χ3n) is 3.08. The number of rotatable bonds is 5. The average Bonchev–Trinajstić information content (AvgIpc) is 2.42. The Morgan fingerprint density at radius 2 is 1.95 bits per heavy atom. The standard InChI is InChI=1S/C17H17FO2/c1-12-4-3-5-15(10-12)20-9-8-17(19)14-7-6-13(2)16(18)11-14/h3-7,10-11H,8-9H2,1-2H3. The Kier molecular flexibility index (Phi) is 4.51. The molecule has 3 heteroatoms. The Labute approximate surface area is 118 Å². The van der Waals surface area contributed by atoms with Crippen molar-refractivity contribution in [3.8, 4) is 5.75 Å². The number of carbonyl (C=O) groups excluding carboxylic acids is 1. The fourth-order valence-corrected chi connectivity index (χ4v) is 1.88. The van der Waals surface area contributed by atoms with Gasteiger partial charge in [-0.1, -0.05) is 24.3 Å². The molecule has 2 aromatic carbocycles. The third-order valence-corrected chi connectivity index (χ3v) is 3.08. The zero-order valence-electron chi connectivity index (χ0n) is 11.7. The van der Waals surface area contributed by atoms with E-state index in [2.05, 4.69) is 0 Å². The molecule has 0 aromatic heterocycles. The number of ketones is 1. The van der Waals surface area contributed by atoms with Gasteiger partial charge in [-0.25, -0.2) is 4.39 Å². The van der Waals surface area contributed by atoms with Gasteiger partial charge in [-0.15, -0.1) is 0 Å². The van der Waals surface area contributed by atoms with Crippen LogP contribution in [0.25, 0.3) is 0 Å². The van der Waals surface area contributed by atoms with E-state index in [1.807, 2.05) is 31.2 Å². The van der Waals surface area contributed by atoms with Gasteiger partial charge in [0.1, 0.15) is 11.6 Å². The zero-order valence-corrected chi connectivity index (χ0v) is 11.7. The molecule has 0 saturated heterocycles. The van der Waals surface area contributed by atoms with Crippen LogP contribution in [-0.4, -0.2) is 12.4 Å². The largest absolute Gasteiger partial charge is 0.493 e. The van der Waals surface area contributed by atoms with Crippen molar-refractivity contribution in [2.45, 2.75) is 20.3 Å². The molecule has 0 N–H and O–H groups in total. The van der Waals surface area contributed by atoms with Crippen LogP contribution in [0.4, 0.5) is 4.39 Å². The number of carbonyl (C=O) groups is 1. The van der Waals surface area contributed by atoms with Gasteiger partial charge >= 0.3 is 0 Å². The number of hydrogen-bond donors (Lipinski definition) is 0. The molecule has 2 aromatic rings. The third kappa shape index (κ3) is 3.67. The Hall–Kier alpha value is -2.16. The van der Waals surface area contributed by atoms with Gasteiger partial charge in [-0.2, -0.15) is 0 Å². The first kappa shape index (κ1) is 14.3. The predicted octanol–water partition coefficient (Wildman–Crippen LogP) is 4.09. The van der Waals surface area contributed by atoms with Crippen LogP contribution in [0.2, 0.25) is 0 Å². The van der Waals surface area contributed by atoms with Crippen LogP contribution in [0.3, 0.4) is 0 Å². The van der Waals surface area contributed by atoms with E-state index in [9.17, 15) is 9.18 Å². The molecule has 0 radical (unpaired) electrons. The molecular weight excluding hydrogens is 255 g/mol. The van der Waals surface area contributed by atoms with Crippen LogP contribution >= 0.6 is 0 Å². The lowest BCUT2D eigenvalue weighted by Crippen LogP contribution is -2.07. The lowest BCUT2D eigenvalue weighted by Gasteiger charge is -2.07. The molecule has 0 aliphatic rings. The van der Waals surface area contributed by atoms with Crippen LogP contribution in [0.15, 0.2) is 42.5 Å². The molecule has 0 unspecified atom stereocenters. The van der Waals surface area contributed by atoms with Crippen LogP contribution in [0.1, 0.15) is 27.9 Å². The molecule has 2 nitrogen and oxygen atoms in total. The minimum atomic E-state index is -0.351. The quantitative estimate of drug-likeness (QED) is 0.766. The first-order chi connectivity index (χ1) is 9.56. The summed E-state index contributed by atoms with van der Waals surface area (Å²) in [7, 11) is 0. The van der Waals surface area contributed by atoms with Gasteiger partial charge in [0.2, 0.25) is 0 Å². The summed E-state index contributed by atoms with van der Waals surface area (Å²) in [6, 6.07) is 12.2. The Balaban J connectivity index is 1.90. The number of halogens is 1. The maximum atomic E-state index is 13.4. The molecule has 0 heterocycles. The van der Waals surface area contributed by atoms with Crippen LogP contribution < -0.4 is 4.74 Å². The molecule has 104 valence electrons. The van der Waals surface area contributed by atoms with Crippen molar-refractivity contribution in [3.05, 3.63) is 65.0 Å². The van der Waals surface area contributed by atoms with Crippen LogP contribution in [0, 0.1) is 19.7 Å². The molecule has 0 spiro atoms. The molecule has 0 aliphatic heterocycles. The lowest BCUT2D eigenvalue weighted by atomic mass is 10.1. The summed E-state index contributed by atoms with van der Waals surface area (Å²) in [6.07, 6.45) is 0.233. The SMILES string of the molecule is Cc1cccc(OCCC(=O)c2ccc(C)c(F)c2)c1. The Bertz CT molecular complexity index is 620. The summed E-state index contributed by atoms with van der Waals surface area (Å²) in [5.41, 5.74) is 2.04. The van der Waals surface area contributed by atoms with Crippen molar-refractivity contribution >= 4 is 5.78 Å². The Morgan fingerprint density at radius 1 is 1.15 bits per heavy atom. The maximum absolute atomic E-state index is 13.4. The normalized spacial score (nSPS) is 10.3. The molecular formula is C17H17FO2. The van der Waals surface area contributed by atoms with E-state index in [4.69, 9.17) is 4.74 Å². The van der Waals surface area contributed by atoms with Crippen molar-refractivity contribution in [1.29, 1.82) is 0 Å². The van der Waals surface area contributed by atoms with E-state index in [0.29, 0.717) is 11.1 Å². The highest BCUT2D eigenvalue weighted by atomic mass is 19.1. The highest BCUT2D eigenvalue weighted by Crippen LogP contribution is 2.14. The van der Waals surface area contributed by atoms with Gasteiger partial charge in [-0.3, -0.25) is 4.79 Å². The number of benzene rings is 2. The first-order valence-corrected chi connectivity index (χ1v) is 6.55. The molecule has 20 heavy (non-hydrogen) atoms. The van der Waals surface area contributed by atoms with E-state index in [0.717, 1.165) is 11.3 Å². The van der Waals surface area contributed by atoms with Crippen molar-refractivity contribution in [2.24, 2.45) is 0 Å². The number of hydrogen-bond acceptors (Lipinski definition) is 2. The second kappa shape index (κ2) is 6.33. The molecule has 0 fully saturated rings. The van der Waals surface area contributed by atoms with Crippen LogP contribution in [0.5, 0.6) is 5.75 Å². The van der Waals surface area contributed by atoms with Gasteiger partial charge in [0, 0.05) is 12.0 Å². The topological polar surface area (TPSA) is 26.3 Å². The van der Waals surface area contributed by atoms with Crippen molar-refractivity contribution in [1.82, 2.24) is 0 Å². The fourth-order valence-electron chi connectivity index (χ4n) is 1.88. The summed E-state index contributed by atoms with van der Waals surface area (Å²) in [5, 5.41) is 0. The predicted molar refractivity (Wildman–Crippen MR) is 76.8 cm³/mol. The first-order valence-electron chi connectivity index (χ1n) is 6.55. The smallest absolute Gasteiger partial charge is 0.166 e. The monoisotopic (exact) mass is 272 g/mol. The van der Waals surface area contributed by atoms with Crippen molar-refractivity contribution in [2.75, 3.05) is 6.61 Å². The number of ether oxygens (including phenoxy) is 1. The minimum absolute atomic E-state index is 0.114. The molecule has 0 bridgehead atoms. The second-order valence-electron chi connectivity index (χ2n) is 4.80. The van der Waals surface area contributed by atoms with Gasteiger partial charge in [0.05, 0.1) is 6.61 Å². The van der Waals surface area contributed by atoms with E-state index >= 15 is 0 Å². The maximum Gasteiger partial charge on any atom is 0.166 e. The fraction of sp³-hybridized carbons (Fsp3) is 0.235. The summed E-state index contributed by atoms with van der Waals surface area (Å²) >= 11 is 0. The summed E-state index contributed by atoms with van der Waals surface area (Å²) < 4.78 is 18.9. The number of aryl methyl sites for hydroxylation is 2. The van der Waals surface area contributed by atoms with Crippen LogP contribution in [-0.2, 0) is 0 Å². The average molecular weight is 272 g/mol. The van der Waals surface area contributed by atoms with E-state index in [1.165, 1.54) is 6.07 Å². The summed E-state index contributed by atoms with van der Waals surface area (Å²) in [6.45, 7) is 3.94. The van der Waals surface area contributed by atoms with Gasteiger partial charge in [0.15, 0.2) is 5.78 Å². The highest BCUT2D eigenvalue weighted by Gasteiger charge is 2.08. The molecule has 0 saturated carbocycles. The highest BCUT2D eigenvalue weighted by molar-refractivity contribution is 5.96. The summed E-state index contributed by atoms with van der Waals surface area (Å²) in [5.74, 6) is 0.278. The van der Waals surface area contributed by atoms with E-state index in [1.54, 1.807) is 19.1 Å². The van der Waals surface area contributed by atoms with Gasteiger partial charge < -0.3 is 4.74 Å². The molecule has 0 amide bonds. The lowest BCUT2D eigenvalue weighted by molar-refractivity contribution is 0.0961. The molecule has 2 rings (SSSR count). The van der Waals surface area contributed by atoms with Crippen molar-refractivity contribution in [3.63, 3.8) is 0 Å². The van der Waals surface area contributed by atoms with E-state index < -0.39 is 0 Å². The van der Waals surface area contributed by atoms with Gasteiger partial charge in [-0.05, 0) is 43.2 Å². The second-order valence-corrected chi connectivity index (χ2v) is 4.80. The minimum Gasteiger partial charge on any atom is -0.493 e. The molecule has 0 aliphatic carbocycles. The molecule has 0 atom stereocenters. The van der Waals surface area contributed by atoms with Crippen molar-refractivity contribution < 1.29 is 13.9 Å². The Morgan fingerprint density at radius 3 is 2.65 bits per heavy atom.